The number of aromatic nitrogens is 4. The molecule has 0 aliphatic carbocycles. The first-order valence-electron chi connectivity index (χ1n) is 7.08. The van der Waals surface area contributed by atoms with E-state index in [4.69, 9.17) is 0 Å². The average molecular weight is 305 g/mol. The fourth-order valence-corrected chi connectivity index (χ4v) is 2.40. The summed E-state index contributed by atoms with van der Waals surface area (Å²) >= 11 is 0. The lowest BCUT2D eigenvalue weighted by Crippen LogP contribution is -1.98. The number of hydrogen-bond acceptors (Lipinski definition) is 4. The number of halogens is 1. The molecule has 1 N–H and O–H groups in total. The molecule has 4 rings (SSSR count). The van der Waals surface area contributed by atoms with Crippen molar-refractivity contribution in [2.45, 2.75) is 0 Å². The van der Waals surface area contributed by atoms with Crippen LogP contribution >= 0.6 is 0 Å². The maximum absolute atomic E-state index is 13.3. The Hall–Kier alpha value is -3.28. The zero-order valence-electron chi connectivity index (χ0n) is 12.0. The summed E-state index contributed by atoms with van der Waals surface area (Å²) in [7, 11) is 0. The first-order valence-corrected chi connectivity index (χ1v) is 7.08. The van der Waals surface area contributed by atoms with Crippen molar-refractivity contribution in [2.75, 3.05) is 5.32 Å². The Balaban J connectivity index is 1.71. The van der Waals surface area contributed by atoms with E-state index in [0.29, 0.717) is 11.6 Å². The molecule has 1 aromatic carbocycles. The van der Waals surface area contributed by atoms with E-state index in [2.05, 4.69) is 20.4 Å². The van der Waals surface area contributed by atoms with Crippen molar-refractivity contribution in [2.24, 2.45) is 0 Å². The molecule has 6 heteroatoms. The number of nitrogens with zero attached hydrogens (tertiary/aromatic N) is 4. The summed E-state index contributed by atoms with van der Waals surface area (Å²) in [6.45, 7) is 0. The number of benzene rings is 1. The Morgan fingerprint density at radius 1 is 1.04 bits per heavy atom. The van der Waals surface area contributed by atoms with Gasteiger partial charge >= 0.3 is 0 Å². The van der Waals surface area contributed by atoms with E-state index in [1.54, 1.807) is 29.0 Å². The van der Waals surface area contributed by atoms with E-state index >= 15 is 0 Å². The van der Waals surface area contributed by atoms with Crippen molar-refractivity contribution < 1.29 is 4.39 Å². The lowest BCUT2D eigenvalue weighted by molar-refractivity contribution is 0.628. The summed E-state index contributed by atoms with van der Waals surface area (Å²) in [5.74, 6) is 0.0946. The number of hydrogen-bond donors (Lipinski definition) is 1. The van der Waals surface area contributed by atoms with E-state index in [-0.39, 0.29) is 5.82 Å². The van der Waals surface area contributed by atoms with Crippen molar-refractivity contribution >= 4 is 17.2 Å². The monoisotopic (exact) mass is 305 g/mol. The summed E-state index contributed by atoms with van der Waals surface area (Å²) < 4.78 is 15.0. The SMILES string of the molecule is Fc1cccc(Nc2nccc(-c3cnn4ccccc34)n2)c1. The quantitative estimate of drug-likeness (QED) is 0.627. The first kappa shape index (κ1) is 13.4. The highest BCUT2D eigenvalue weighted by Crippen LogP contribution is 2.23. The minimum Gasteiger partial charge on any atom is -0.324 e. The Labute approximate surface area is 131 Å². The molecule has 4 aromatic rings. The van der Waals surface area contributed by atoms with Crippen LogP contribution in [-0.4, -0.2) is 19.6 Å². The molecule has 0 spiro atoms. The van der Waals surface area contributed by atoms with Gasteiger partial charge in [0.25, 0.3) is 0 Å². The van der Waals surface area contributed by atoms with Crippen LogP contribution in [-0.2, 0) is 0 Å². The molecule has 3 aromatic heterocycles. The third-order valence-electron chi connectivity index (χ3n) is 3.44. The molecular weight excluding hydrogens is 293 g/mol. The highest BCUT2D eigenvalue weighted by atomic mass is 19.1. The Morgan fingerprint density at radius 2 is 2.00 bits per heavy atom. The van der Waals surface area contributed by atoms with Gasteiger partial charge in [0.05, 0.1) is 17.4 Å². The van der Waals surface area contributed by atoms with Crippen LogP contribution in [0, 0.1) is 5.82 Å². The lowest BCUT2D eigenvalue weighted by atomic mass is 10.2. The normalized spacial score (nSPS) is 10.8. The van der Waals surface area contributed by atoms with Crippen LogP contribution < -0.4 is 5.32 Å². The molecule has 0 saturated heterocycles. The largest absolute Gasteiger partial charge is 0.324 e. The zero-order valence-corrected chi connectivity index (χ0v) is 12.0. The molecule has 0 aliphatic rings. The van der Waals surface area contributed by atoms with Gasteiger partial charge in [-0.1, -0.05) is 12.1 Å². The molecule has 0 atom stereocenters. The van der Waals surface area contributed by atoms with Gasteiger partial charge in [-0.25, -0.2) is 18.9 Å². The Bertz CT molecular complexity index is 979. The van der Waals surface area contributed by atoms with Crippen LogP contribution in [0.5, 0.6) is 0 Å². The highest BCUT2D eigenvalue weighted by Gasteiger charge is 2.09. The molecule has 5 nitrogen and oxygen atoms in total. The zero-order chi connectivity index (χ0) is 15.6. The average Bonchev–Trinajstić information content (AvgIpc) is 2.99. The second-order valence-corrected chi connectivity index (χ2v) is 4.99. The molecule has 0 amide bonds. The summed E-state index contributed by atoms with van der Waals surface area (Å²) in [4.78, 5) is 8.67. The van der Waals surface area contributed by atoms with Gasteiger partial charge in [-0.3, -0.25) is 0 Å². The molecular formula is C17H12FN5. The maximum Gasteiger partial charge on any atom is 0.227 e. The second-order valence-electron chi connectivity index (χ2n) is 4.99. The number of anilines is 2. The van der Waals surface area contributed by atoms with Crippen LogP contribution in [0.3, 0.4) is 0 Å². The maximum atomic E-state index is 13.3. The van der Waals surface area contributed by atoms with E-state index in [1.807, 2.05) is 30.5 Å². The van der Waals surface area contributed by atoms with Crippen molar-refractivity contribution in [3.05, 3.63) is 72.9 Å². The molecule has 23 heavy (non-hydrogen) atoms. The van der Waals surface area contributed by atoms with Gasteiger partial charge < -0.3 is 5.32 Å². The predicted molar refractivity (Wildman–Crippen MR) is 85.9 cm³/mol. The van der Waals surface area contributed by atoms with E-state index in [0.717, 1.165) is 16.8 Å². The van der Waals surface area contributed by atoms with Crippen molar-refractivity contribution in [1.29, 1.82) is 0 Å². The van der Waals surface area contributed by atoms with Crippen molar-refractivity contribution in [3.63, 3.8) is 0 Å². The Kier molecular flexibility index (Phi) is 3.20. The van der Waals surface area contributed by atoms with Gasteiger partial charge in [0.2, 0.25) is 5.95 Å². The third kappa shape index (κ3) is 2.62. The minimum atomic E-state index is -0.311. The third-order valence-corrected chi connectivity index (χ3v) is 3.44. The van der Waals surface area contributed by atoms with Gasteiger partial charge in [-0.05, 0) is 36.4 Å². The van der Waals surface area contributed by atoms with Crippen LogP contribution in [0.25, 0.3) is 16.8 Å². The van der Waals surface area contributed by atoms with Crippen LogP contribution in [0.2, 0.25) is 0 Å². The molecule has 0 radical (unpaired) electrons. The van der Waals surface area contributed by atoms with Gasteiger partial charge in [0.15, 0.2) is 0 Å². The topological polar surface area (TPSA) is 55.1 Å². The molecule has 0 fully saturated rings. The van der Waals surface area contributed by atoms with Crippen LogP contribution in [0.15, 0.2) is 67.1 Å². The highest BCUT2D eigenvalue weighted by molar-refractivity contribution is 5.77. The van der Waals surface area contributed by atoms with E-state index < -0.39 is 0 Å². The number of nitrogens with one attached hydrogen (secondary N) is 1. The minimum absolute atomic E-state index is 0.311. The van der Waals surface area contributed by atoms with Gasteiger partial charge in [0, 0.05) is 23.6 Å². The summed E-state index contributed by atoms with van der Waals surface area (Å²) in [5, 5.41) is 7.31. The summed E-state index contributed by atoms with van der Waals surface area (Å²) in [6, 6.07) is 13.8. The summed E-state index contributed by atoms with van der Waals surface area (Å²) in [5.41, 5.74) is 3.22. The molecule has 0 saturated carbocycles. The molecule has 0 aliphatic heterocycles. The fraction of sp³-hybridized carbons (Fsp3) is 0. The number of pyridine rings is 1. The molecule has 112 valence electrons. The molecule has 3 heterocycles. The van der Waals surface area contributed by atoms with Crippen molar-refractivity contribution in [3.8, 4) is 11.3 Å². The summed E-state index contributed by atoms with van der Waals surface area (Å²) in [6.07, 6.45) is 5.31. The predicted octanol–water partition coefficient (Wildman–Crippen LogP) is 3.67. The standard InChI is InChI=1S/C17H12FN5/c18-12-4-3-5-13(10-12)21-17-19-8-7-15(22-17)14-11-20-23-9-2-1-6-16(14)23/h1-11H,(H,19,21,22). The Morgan fingerprint density at radius 3 is 2.91 bits per heavy atom. The number of rotatable bonds is 3. The second kappa shape index (κ2) is 5.49. The first-order chi connectivity index (χ1) is 11.3. The molecule has 0 unspecified atom stereocenters. The fourth-order valence-electron chi connectivity index (χ4n) is 2.40. The van der Waals surface area contributed by atoms with Crippen LogP contribution in [0.1, 0.15) is 0 Å². The van der Waals surface area contributed by atoms with E-state index in [1.165, 1.54) is 12.1 Å². The number of fused-ring (bicyclic) bond motifs is 1. The van der Waals surface area contributed by atoms with Crippen molar-refractivity contribution in [1.82, 2.24) is 19.6 Å². The van der Waals surface area contributed by atoms with Gasteiger partial charge in [0.1, 0.15) is 5.82 Å². The smallest absolute Gasteiger partial charge is 0.227 e. The van der Waals surface area contributed by atoms with Gasteiger partial charge in [-0.15, -0.1) is 0 Å². The lowest BCUT2D eigenvalue weighted by Gasteiger charge is -2.06. The van der Waals surface area contributed by atoms with Gasteiger partial charge in [-0.2, -0.15) is 5.10 Å². The van der Waals surface area contributed by atoms with Crippen LogP contribution in [0.4, 0.5) is 16.0 Å². The van der Waals surface area contributed by atoms with E-state index in [9.17, 15) is 4.39 Å². The molecule has 0 bridgehead atoms.